The second kappa shape index (κ2) is 10.9. The Bertz CT molecular complexity index is 1200. The molecule has 1 N–H and O–H groups in total. The van der Waals surface area contributed by atoms with E-state index in [2.05, 4.69) is 5.32 Å². The van der Waals surface area contributed by atoms with Crippen molar-refractivity contribution in [2.75, 3.05) is 14.2 Å². The molecule has 3 aromatic rings. The Kier molecular flexibility index (Phi) is 8.01. The lowest BCUT2D eigenvalue weighted by molar-refractivity contribution is -0.143. The van der Waals surface area contributed by atoms with Crippen molar-refractivity contribution in [2.45, 2.75) is 45.4 Å². The first kappa shape index (κ1) is 25.6. The maximum Gasteiger partial charge on any atom is 0.419 e. The van der Waals surface area contributed by atoms with Crippen molar-refractivity contribution >= 4 is 29.1 Å². The maximum absolute atomic E-state index is 12.9. The molecule has 0 aliphatic rings. The van der Waals surface area contributed by atoms with Crippen molar-refractivity contribution in [1.29, 1.82) is 0 Å². The van der Waals surface area contributed by atoms with Crippen LogP contribution in [0.5, 0.6) is 5.75 Å². The third-order valence-corrected chi connectivity index (χ3v) is 5.09. The number of aromatic nitrogens is 1. The zero-order chi connectivity index (χ0) is 25.6. The number of nitrogens with one attached hydrogen (secondary N) is 1. The van der Waals surface area contributed by atoms with Gasteiger partial charge in [0.15, 0.2) is 0 Å². The quantitative estimate of drug-likeness (QED) is 0.392. The van der Waals surface area contributed by atoms with Gasteiger partial charge in [-0.15, -0.1) is 0 Å². The summed E-state index contributed by atoms with van der Waals surface area (Å²) in [7, 11) is 2.75. The summed E-state index contributed by atoms with van der Waals surface area (Å²) in [5, 5.41) is 3.18. The molecule has 186 valence electrons. The van der Waals surface area contributed by atoms with E-state index in [-0.39, 0.29) is 13.0 Å². The van der Waals surface area contributed by atoms with E-state index < -0.39 is 29.8 Å². The molecule has 1 atom stereocenters. The zero-order valence-corrected chi connectivity index (χ0v) is 20.5. The summed E-state index contributed by atoms with van der Waals surface area (Å²) < 4.78 is 22.6. The first-order valence-corrected chi connectivity index (χ1v) is 11.1. The molecule has 0 fully saturated rings. The van der Waals surface area contributed by atoms with Crippen LogP contribution in [0.4, 0.5) is 9.59 Å². The number of hydrogen-bond acceptors (Lipinski definition) is 7. The summed E-state index contributed by atoms with van der Waals surface area (Å²) in [6, 6.07) is 13.4. The molecule has 0 radical (unpaired) electrons. The fourth-order valence-corrected chi connectivity index (χ4v) is 3.58. The Balaban J connectivity index is 1.89. The van der Waals surface area contributed by atoms with E-state index in [1.807, 2.05) is 30.3 Å². The van der Waals surface area contributed by atoms with Gasteiger partial charge in [-0.2, -0.15) is 0 Å². The summed E-state index contributed by atoms with van der Waals surface area (Å²) in [5.41, 5.74) is 1.24. The third-order valence-electron chi connectivity index (χ3n) is 5.09. The van der Waals surface area contributed by atoms with Gasteiger partial charge in [-0.25, -0.2) is 14.4 Å². The number of alkyl carbamates (subject to hydrolysis) is 1. The SMILES string of the molecule is COC(=O)[C@@H](Cc1cn(C(=O)OC(C)(C)C)c2cccc(OC)c12)NC(=O)OCc1ccccc1. The molecule has 1 aromatic heterocycles. The van der Waals surface area contributed by atoms with Gasteiger partial charge in [0.25, 0.3) is 0 Å². The molecule has 9 nitrogen and oxygen atoms in total. The molecular weight excluding hydrogens is 452 g/mol. The predicted octanol–water partition coefficient (Wildman–Crippen LogP) is 4.44. The second-order valence-corrected chi connectivity index (χ2v) is 8.85. The molecule has 0 unspecified atom stereocenters. The standard InChI is InChI=1S/C26H30N2O7/c1-26(2,3)35-25(31)28-15-18(22-20(28)12-9-13-21(22)32-4)14-19(23(29)33-5)27-24(30)34-16-17-10-7-6-8-11-17/h6-13,15,19H,14,16H2,1-5H3,(H,27,30)/t19-/m1/s1. The lowest BCUT2D eigenvalue weighted by Crippen LogP contribution is -2.43. The average molecular weight is 483 g/mol. The Morgan fingerprint density at radius 1 is 1.00 bits per heavy atom. The Morgan fingerprint density at radius 3 is 2.34 bits per heavy atom. The third kappa shape index (κ3) is 6.53. The summed E-state index contributed by atoms with van der Waals surface area (Å²) in [6.07, 6.45) is 0.257. The Morgan fingerprint density at radius 2 is 1.71 bits per heavy atom. The molecule has 3 rings (SSSR count). The summed E-state index contributed by atoms with van der Waals surface area (Å²) in [6.45, 7) is 5.37. The lowest BCUT2D eigenvalue weighted by atomic mass is 10.0. The fraction of sp³-hybridized carbons (Fsp3) is 0.346. The van der Waals surface area contributed by atoms with Crippen LogP contribution in [0.25, 0.3) is 10.9 Å². The predicted molar refractivity (Wildman–Crippen MR) is 129 cm³/mol. The highest BCUT2D eigenvalue weighted by Crippen LogP contribution is 2.32. The van der Waals surface area contributed by atoms with Gasteiger partial charge in [-0.1, -0.05) is 36.4 Å². The second-order valence-electron chi connectivity index (χ2n) is 8.85. The number of rotatable bonds is 7. The minimum atomic E-state index is -1.06. The van der Waals surface area contributed by atoms with Crippen LogP contribution in [-0.2, 0) is 32.0 Å². The first-order chi connectivity index (χ1) is 16.6. The number of hydrogen-bond donors (Lipinski definition) is 1. The van der Waals surface area contributed by atoms with Crippen LogP contribution in [0.1, 0.15) is 31.9 Å². The summed E-state index contributed by atoms with van der Waals surface area (Å²) in [4.78, 5) is 37.9. The first-order valence-electron chi connectivity index (χ1n) is 11.1. The van der Waals surface area contributed by atoms with Crippen LogP contribution in [0.15, 0.2) is 54.7 Å². The van der Waals surface area contributed by atoms with E-state index in [0.717, 1.165) is 5.56 Å². The van der Waals surface area contributed by atoms with Crippen molar-refractivity contribution in [1.82, 2.24) is 9.88 Å². The van der Waals surface area contributed by atoms with Gasteiger partial charge >= 0.3 is 18.2 Å². The molecule has 0 saturated carbocycles. The topological polar surface area (TPSA) is 105 Å². The van der Waals surface area contributed by atoms with Gasteiger partial charge in [0.2, 0.25) is 0 Å². The molecule has 0 bridgehead atoms. The Labute approximate surface area is 203 Å². The van der Waals surface area contributed by atoms with Crippen molar-refractivity contribution in [2.24, 2.45) is 0 Å². The average Bonchev–Trinajstić information content (AvgIpc) is 3.20. The molecular formula is C26H30N2O7. The highest BCUT2D eigenvalue weighted by Gasteiger charge is 2.27. The fourth-order valence-electron chi connectivity index (χ4n) is 3.58. The lowest BCUT2D eigenvalue weighted by Gasteiger charge is -2.19. The van der Waals surface area contributed by atoms with Gasteiger partial charge in [-0.3, -0.25) is 4.57 Å². The number of amides is 1. The van der Waals surface area contributed by atoms with E-state index in [9.17, 15) is 14.4 Å². The molecule has 0 aliphatic carbocycles. The molecule has 0 aliphatic heterocycles. The van der Waals surface area contributed by atoms with Gasteiger partial charge in [0, 0.05) is 18.0 Å². The number of ether oxygens (including phenoxy) is 4. The molecule has 35 heavy (non-hydrogen) atoms. The molecule has 0 spiro atoms. The van der Waals surface area contributed by atoms with Crippen molar-refractivity contribution < 1.29 is 33.3 Å². The molecule has 0 saturated heterocycles. The monoisotopic (exact) mass is 482 g/mol. The highest BCUT2D eigenvalue weighted by molar-refractivity contribution is 5.96. The normalized spacial score (nSPS) is 12.0. The number of nitrogens with zero attached hydrogens (tertiary/aromatic N) is 1. The van der Waals surface area contributed by atoms with Crippen LogP contribution in [0.3, 0.4) is 0 Å². The number of benzene rings is 2. The van der Waals surface area contributed by atoms with E-state index in [1.165, 1.54) is 18.8 Å². The van der Waals surface area contributed by atoms with Gasteiger partial charge in [0.05, 0.1) is 19.7 Å². The van der Waals surface area contributed by atoms with Crippen molar-refractivity contribution in [3.05, 3.63) is 65.9 Å². The van der Waals surface area contributed by atoms with Crippen LogP contribution in [0.2, 0.25) is 0 Å². The Hall–Kier alpha value is -4.01. The van der Waals surface area contributed by atoms with Crippen LogP contribution in [-0.4, -0.2) is 48.6 Å². The molecule has 2 aromatic carbocycles. The van der Waals surface area contributed by atoms with E-state index >= 15 is 0 Å². The summed E-state index contributed by atoms with van der Waals surface area (Å²) in [5.74, 6) is -0.148. The summed E-state index contributed by atoms with van der Waals surface area (Å²) >= 11 is 0. The van der Waals surface area contributed by atoms with Gasteiger partial charge in [0.1, 0.15) is 24.0 Å². The molecule has 9 heteroatoms. The van der Waals surface area contributed by atoms with E-state index in [0.29, 0.717) is 22.2 Å². The smallest absolute Gasteiger partial charge is 0.419 e. The highest BCUT2D eigenvalue weighted by atomic mass is 16.6. The number of fused-ring (bicyclic) bond motifs is 1. The van der Waals surface area contributed by atoms with E-state index in [1.54, 1.807) is 45.2 Å². The number of methoxy groups -OCH3 is 2. The number of carbonyl (C=O) groups excluding carboxylic acids is 3. The van der Waals surface area contributed by atoms with Gasteiger partial charge < -0.3 is 24.3 Å². The minimum Gasteiger partial charge on any atom is -0.496 e. The van der Waals surface area contributed by atoms with Crippen molar-refractivity contribution in [3.63, 3.8) is 0 Å². The van der Waals surface area contributed by atoms with E-state index in [4.69, 9.17) is 18.9 Å². The largest absolute Gasteiger partial charge is 0.496 e. The maximum atomic E-state index is 12.9. The van der Waals surface area contributed by atoms with Crippen LogP contribution in [0, 0.1) is 0 Å². The zero-order valence-electron chi connectivity index (χ0n) is 20.5. The molecule has 1 heterocycles. The van der Waals surface area contributed by atoms with Crippen LogP contribution < -0.4 is 10.1 Å². The van der Waals surface area contributed by atoms with Gasteiger partial charge in [-0.05, 0) is 44.0 Å². The van der Waals surface area contributed by atoms with Crippen molar-refractivity contribution in [3.8, 4) is 5.75 Å². The van der Waals surface area contributed by atoms with Crippen LogP contribution >= 0.6 is 0 Å². The number of esters is 1. The number of carbonyl (C=O) groups is 3. The minimum absolute atomic E-state index is 0.0276. The molecule has 1 amide bonds.